The van der Waals surface area contributed by atoms with Crippen LogP contribution in [0.25, 0.3) is 0 Å². The van der Waals surface area contributed by atoms with E-state index in [9.17, 15) is 9.59 Å². The smallest absolute Gasteiger partial charge is 0.316 e. The molecule has 26 heavy (non-hydrogen) atoms. The van der Waals surface area contributed by atoms with E-state index in [1.165, 1.54) is 11.8 Å². The van der Waals surface area contributed by atoms with Gasteiger partial charge in [0.1, 0.15) is 0 Å². The van der Waals surface area contributed by atoms with Crippen LogP contribution in [0, 0.1) is 13.8 Å². The lowest BCUT2D eigenvalue weighted by Gasteiger charge is -2.15. The lowest BCUT2D eigenvalue weighted by molar-refractivity contribution is -0.150. The molecular formula is C20H22ClNO3S. The number of hydrogen-bond donors (Lipinski definition) is 1. The van der Waals surface area contributed by atoms with Crippen LogP contribution in [0.3, 0.4) is 0 Å². The summed E-state index contributed by atoms with van der Waals surface area (Å²) in [5, 5.41) is 3.48. The molecule has 0 spiro atoms. The number of aryl methyl sites for hydroxylation is 2. The maximum Gasteiger partial charge on any atom is 0.316 e. The molecule has 0 saturated heterocycles. The molecule has 0 aliphatic heterocycles. The predicted octanol–water partition coefficient (Wildman–Crippen LogP) is 4.76. The molecule has 0 saturated carbocycles. The van der Waals surface area contributed by atoms with E-state index in [-0.39, 0.29) is 11.7 Å². The van der Waals surface area contributed by atoms with Gasteiger partial charge in [-0.1, -0.05) is 41.9 Å². The lowest BCUT2D eigenvalue weighted by atomic mass is 10.1. The number of carbonyl (C=O) groups is 2. The largest absolute Gasteiger partial charge is 0.452 e. The topological polar surface area (TPSA) is 55.4 Å². The first-order valence-electron chi connectivity index (χ1n) is 8.25. The van der Waals surface area contributed by atoms with E-state index in [4.69, 9.17) is 16.3 Å². The average molecular weight is 392 g/mol. The van der Waals surface area contributed by atoms with Gasteiger partial charge < -0.3 is 10.1 Å². The van der Waals surface area contributed by atoms with Crippen LogP contribution in [0.5, 0.6) is 0 Å². The van der Waals surface area contributed by atoms with Crippen molar-refractivity contribution < 1.29 is 14.3 Å². The van der Waals surface area contributed by atoms with E-state index in [1.807, 2.05) is 56.3 Å². The number of hydrogen-bond acceptors (Lipinski definition) is 4. The van der Waals surface area contributed by atoms with Crippen molar-refractivity contribution in [2.45, 2.75) is 32.6 Å². The number of anilines is 1. The van der Waals surface area contributed by atoms with Gasteiger partial charge in [-0.3, -0.25) is 9.59 Å². The highest BCUT2D eigenvalue weighted by Crippen LogP contribution is 2.21. The molecule has 1 N–H and O–H groups in total. The quantitative estimate of drug-likeness (QED) is 0.691. The Morgan fingerprint density at radius 2 is 1.92 bits per heavy atom. The lowest BCUT2D eigenvalue weighted by Crippen LogP contribution is -2.30. The average Bonchev–Trinajstić information content (AvgIpc) is 2.59. The van der Waals surface area contributed by atoms with Gasteiger partial charge in [-0.2, -0.15) is 0 Å². The number of rotatable bonds is 7. The number of ether oxygens (including phenoxy) is 1. The molecule has 2 rings (SSSR count). The van der Waals surface area contributed by atoms with Crippen molar-refractivity contribution in [2.24, 2.45) is 0 Å². The Kier molecular flexibility index (Phi) is 7.54. The Balaban J connectivity index is 1.79. The number of nitrogens with one attached hydrogen (secondary N) is 1. The zero-order chi connectivity index (χ0) is 19.1. The molecule has 0 unspecified atom stereocenters. The summed E-state index contributed by atoms with van der Waals surface area (Å²) in [6, 6.07) is 13.3. The maximum atomic E-state index is 12.2. The molecule has 0 fully saturated rings. The van der Waals surface area contributed by atoms with Gasteiger partial charge in [-0.15, -0.1) is 11.8 Å². The first-order valence-corrected chi connectivity index (χ1v) is 9.79. The van der Waals surface area contributed by atoms with Crippen LogP contribution < -0.4 is 5.32 Å². The van der Waals surface area contributed by atoms with E-state index in [2.05, 4.69) is 5.32 Å². The van der Waals surface area contributed by atoms with Gasteiger partial charge >= 0.3 is 5.97 Å². The molecule has 1 amide bonds. The molecule has 1 atom stereocenters. The first-order chi connectivity index (χ1) is 12.4. The second kappa shape index (κ2) is 9.64. The van der Waals surface area contributed by atoms with Crippen molar-refractivity contribution in [3.63, 3.8) is 0 Å². The Bertz CT molecular complexity index is 794. The van der Waals surface area contributed by atoms with E-state index >= 15 is 0 Å². The minimum absolute atomic E-state index is 0.159. The van der Waals surface area contributed by atoms with E-state index in [0.717, 1.165) is 22.4 Å². The highest BCUT2D eigenvalue weighted by molar-refractivity contribution is 7.99. The van der Waals surface area contributed by atoms with Crippen LogP contribution in [0.4, 0.5) is 5.69 Å². The Morgan fingerprint density at radius 3 is 2.65 bits per heavy atom. The van der Waals surface area contributed by atoms with Crippen LogP contribution >= 0.6 is 23.4 Å². The molecule has 0 bridgehead atoms. The van der Waals surface area contributed by atoms with Gasteiger partial charge in [-0.05, 0) is 49.6 Å². The summed E-state index contributed by atoms with van der Waals surface area (Å²) < 4.78 is 5.22. The highest BCUT2D eigenvalue weighted by atomic mass is 35.5. The molecule has 0 aromatic heterocycles. The molecule has 2 aromatic rings. The molecule has 0 heterocycles. The summed E-state index contributed by atoms with van der Waals surface area (Å²) in [7, 11) is 0. The fourth-order valence-electron chi connectivity index (χ4n) is 2.25. The summed E-state index contributed by atoms with van der Waals surface area (Å²) in [5.41, 5.74) is 3.70. The van der Waals surface area contributed by atoms with E-state index in [1.54, 1.807) is 6.92 Å². The Morgan fingerprint density at radius 1 is 1.19 bits per heavy atom. The van der Waals surface area contributed by atoms with Gasteiger partial charge in [0.15, 0.2) is 6.10 Å². The summed E-state index contributed by atoms with van der Waals surface area (Å²) in [6.07, 6.45) is -0.858. The third kappa shape index (κ3) is 6.07. The monoisotopic (exact) mass is 391 g/mol. The molecule has 2 aromatic carbocycles. The van der Waals surface area contributed by atoms with Gasteiger partial charge in [0.25, 0.3) is 5.91 Å². The zero-order valence-electron chi connectivity index (χ0n) is 15.0. The van der Waals surface area contributed by atoms with Crippen LogP contribution in [0.2, 0.25) is 5.02 Å². The molecule has 138 valence electrons. The molecule has 0 aliphatic carbocycles. The Labute approximate surface area is 163 Å². The normalized spacial score (nSPS) is 11.7. The van der Waals surface area contributed by atoms with Crippen molar-refractivity contribution in [1.29, 1.82) is 0 Å². The van der Waals surface area contributed by atoms with Crippen LogP contribution in [-0.2, 0) is 20.1 Å². The number of thioether (sulfide) groups is 1. The van der Waals surface area contributed by atoms with Crippen molar-refractivity contribution in [3.05, 3.63) is 64.2 Å². The summed E-state index contributed by atoms with van der Waals surface area (Å²) in [5.74, 6) is -0.00160. The van der Waals surface area contributed by atoms with Gasteiger partial charge in [0.05, 0.1) is 5.75 Å². The molecular weight excluding hydrogens is 370 g/mol. The minimum atomic E-state index is -0.858. The second-order valence-corrected chi connectivity index (χ2v) is 7.42. The summed E-state index contributed by atoms with van der Waals surface area (Å²) >= 11 is 7.48. The molecule has 4 nitrogen and oxygen atoms in total. The molecule has 0 aliphatic rings. The van der Waals surface area contributed by atoms with Crippen LogP contribution in [0.1, 0.15) is 23.6 Å². The van der Waals surface area contributed by atoms with Crippen molar-refractivity contribution in [1.82, 2.24) is 0 Å². The Hall–Kier alpha value is -1.98. The summed E-state index contributed by atoms with van der Waals surface area (Å²) in [6.45, 7) is 5.43. The van der Waals surface area contributed by atoms with Gasteiger partial charge in [0, 0.05) is 16.5 Å². The van der Waals surface area contributed by atoms with Gasteiger partial charge in [0.2, 0.25) is 0 Å². The number of esters is 1. The predicted molar refractivity (Wildman–Crippen MR) is 108 cm³/mol. The standard InChI is InChI=1S/C20H22ClNO3S/c1-13-8-9-14(2)18(10-13)22-20(24)15(3)25-19(23)12-26-11-16-6-4-5-7-17(16)21/h4-10,15H,11-12H2,1-3H3,(H,22,24)/t15-/m0/s1. The van der Waals surface area contributed by atoms with Crippen molar-refractivity contribution >= 4 is 40.9 Å². The van der Waals surface area contributed by atoms with E-state index in [0.29, 0.717) is 10.8 Å². The molecule has 6 heteroatoms. The summed E-state index contributed by atoms with van der Waals surface area (Å²) in [4.78, 5) is 24.2. The minimum Gasteiger partial charge on any atom is -0.452 e. The highest BCUT2D eigenvalue weighted by Gasteiger charge is 2.18. The van der Waals surface area contributed by atoms with Gasteiger partial charge in [-0.25, -0.2) is 0 Å². The fraction of sp³-hybridized carbons (Fsp3) is 0.300. The van der Waals surface area contributed by atoms with Crippen LogP contribution in [-0.4, -0.2) is 23.7 Å². The van der Waals surface area contributed by atoms with Crippen LogP contribution in [0.15, 0.2) is 42.5 Å². The number of amides is 1. The fourth-order valence-corrected chi connectivity index (χ4v) is 3.34. The number of carbonyl (C=O) groups excluding carboxylic acids is 2. The first kappa shape index (κ1) is 20.3. The second-order valence-electron chi connectivity index (χ2n) is 6.02. The number of halogens is 1. The maximum absolute atomic E-state index is 12.2. The van der Waals surface area contributed by atoms with E-state index < -0.39 is 12.1 Å². The third-order valence-electron chi connectivity index (χ3n) is 3.76. The number of benzene rings is 2. The van der Waals surface area contributed by atoms with Crippen molar-refractivity contribution in [2.75, 3.05) is 11.1 Å². The zero-order valence-corrected chi connectivity index (χ0v) is 16.6. The molecule has 0 radical (unpaired) electrons. The van der Waals surface area contributed by atoms with Crippen molar-refractivity contribution in [3.8, 4) is 0 Å². The third-order valence-corrected chi connectivity index (χ3v) is 5.09. The SMILES string of the molecule is Cc1ccc(C)c(NC(=O)[C@H](C)OC(=O)CSCc2ccccc2Cl)c1.